The van der Waals surface area contributed by atoms with Crippen molar-refractivity contribution in [3.63, 3.8) is 0 Å². The molecule has 4 heteroatoms. The number of nitrogens with two attached hydrogens (primary N) is 1. The van der Waals surface area contributed by atoms with Crippen molar-refractivity contribution in [1.82, 2.24) is 4.98 Å². The second-order valence-electron chi connectivity index (χ2n) is 4.14. The van der Waals surface area contributed by atoms with Crippen LogP contribution >= 0.6 is 23.1 Å². The van der Waals surface area contributed by atoms with Gasteiger partial charge in [-0.25, -0.2) is 4.98 Å². The van der Waals surface area contributed by atoms with Gasteiger partial charge in [0, 0.05) is 16.3 Å². The average molecular weight is 278 g/mol. The number of nitrogens with zero attached hydrogens (tertiary/aromatic N) is 1. The van der Waals surface area contributed by atoms with Gasteiger partial charge in [0.15, 0.2) is 0 Å². The highest BCUT2D eigenvalue weighted by Gasteiger charge is 2.08. The SMILES string of the molecule is CCc1nc(CSc2ccc(C)cc2)sc1CN. The molecule has 0 spiro atoms. The molecule has 0 aliphatic heterocycles. The largest absolute Gasteiger partial charge is 0.326 e. The maximum atomic E-state index is 5.73. The number of aryl methyl sites for hydroxylation is 2. The Bertz CT molecular complexity index is 482. The van der Waals surface area contributed by atoms with Crippen molar-refractivity contribution >= 4 is 23.1 Å². The van der Waals surface area contributed by atoms with Gasteiger partial charge in [0.05, 0.1) is 11.4 Å². The first kappa shape index (κ1) is 13.6. The lowest BCUT2D eigenvalue weighted by molar-refractivity contribution is 0.978. The second-order valence-corrected chi connectivity index (χ2v) is 6.35. The van der Waals surface area contributed by atoms with Crippen LogP contribution in [0.4, 0.5) is 0 Å². The highest BCUT2D eigenvalue weighted by molar-refractivity contribution is 7.98. The van der Waals surface area contributed by atoms with E-state index in [1.807, 2.05) is 11.8 Å². The van der Waals surface area contributed by atoms with Crippen LogP contribution in [0.25, 0.3) is 0 Å². The van der Waals surface area contributed by atoms with Crippen molar-refractivity contribution in [3.05, 3.63) is 45.4 Å². The molecule has 96 valence electrons. The maximum Gasteiger partial charge on any atom is 0.103 e. The fourth-order valence-electron chi connectivity index (χ4n) is 1.71. The lowest BCUT2D eigenvalue weighted by Crippen LogP contribution is -1.96. The number of thioether (sulfide) groups is 1. The molecule has 0 atom stereocenters. The summed E-state index contributed by atoms with van der Waals surface area (Å²) in [5.74, 6) is 0.931. The molecule has 2 N–H and O–H groups in total. The van der Waals surface area contributed by atoms with Crippen molar-refractivity contribution in [3.8, 4) is 0 Å². The molecular weight excluding hydrogens is 260 g/mol. The van der Waals surface area contributed by atoms with Crippen LogP contribution in [-0.2, 0) is 18.7 Å². The summed E-state index contributed by atoms with van der Waals surface area (Å²) in [6.45, 7) is 4.84. The molecule has 1 aromatic carbocycles. The Morgan fingerprint density at radius 2 is 2.00 bits per heavy atom. The Kier molecular flexibility index (Phi) is 4.80. The highest BCUT2D eigenvalue weighted by atomic mass is 32.2. The van der Waals surface area contributed by atoms with E-state index < -0.39 is 0 Å². The van der Waals surface area contributed by atoms with E-state index in [0.717, 1.165) is 12.2 Å². The minimum Gasteiger partial charge on any atom is -0.326 e. The smallest absolute Gasteiger partial charge is 0.103 e. The maximum absolute atomic E-state index is 5.73. The van der Waals surface area contributed by atoms with Crippen LogP contribution in [-0.4, -0.2) is 4.98 Å². The van der Waals surface area contributed by atoms with Crippen LogP contribution in [0, 0.1) is 6.92 Å². The third kappa shape index (κ3) is 3.34. The van der Waals surface area contributed by atoms with Gasteiger partial charge in [0.25, 0.3) is 0 Å². The zero-order chi connectivity index (χ0) is 13.0. The number of benzene rings is 1. The molecular formula is C14H18N2S2. The zero-order valence-electron chi connectivity index (χ0n) is 10.8. The van der Waals surface area contributed by atoms with Crippen LogP contribution in [0.2, 0.25) is 0 Å². The number of hydrogen-bond donors (Lipinski definition) is 1. The predicted molar refractivity (Wildman–Crippen MR) is 80.1 cm³/mol. The number of rotatable bonds is 5. The Morgan fingerprint density at radius 1 is 1.28 bits per heavy atom. The average Bonchev–Trinajstić information content (AvgIpc) is 2.80. The standard InChI is InChI=1S/C14H18N2S2/c1-3-12-13(8-15)18-14(16-12)9-17-11-6-4-10(2)5-7-11/h4-7H,3,8-9,15H2,1-2H3. The summed E-state index contributed by atoms with van der Waals surface area (Å²) >= 11 is 3.58. The number of hydrogen-bond acceptors (Lipinski definition) is 4. The van der Waals surface area contributed by atoms with Crippen molar-refractivity contribution in [2.75, 3.05) is 0 Å². The van der Waals surface area contributed by atoms with Gasteiger partial charge in [-0.2, -0.15) is 0 Å². The van der Waals surface area contributed by atoms with Gasteiger partial charge in [-0.3, -0.25) is 0 Å². The van der Waals surface area contributed by atoms with Gasteiger partial charge in [-0.15, -0.1) is 23.1 Å². The van der Waals surface area contributed by atoms with Crippen LogP contribution in [0.15, 0.2) is 29.2 Å². The molecule has 0 radical (unpaired) electrons. The minimum absolute atomic E-state index is 0.607. The first-order valence-electron chi connectivity index (χ1n) is 6.10. The Morgan fingerprint density at radius 3 is 2.56 bits per heavy atom. The molecule has 0 saturated carbocycles. The van der Waals surface area contributed by atoms with E-state index in [4.69, 9.17) is 5.73 Å². The van der Waals surface area contributed by atoms with Gasteiger partial charge >= 0.3 is 0 Å². The molecule has 0 saturated heterocycles. The van der Waals surface area contributed by atoms with Gasteiger partial charge in [0.2, 0.25) is 0 Å². The third-order valence-corrected chi connectivity index (χ3v) is 5.05. The molecule has 1 heterocycles. The molecule has 0 fully saturated rings. The molecule has 18 heavy (non-hydrogen) atoms. The topological polar surface area (TPSA) is 38.9 Å². The summed E-state index contributed by atoms with van der Waals surface area (Å²) in [6.07, 6.45) is 0.970. The van der Waals surface area contributed by atoms with Crippen LogP contribution in [0.5, 0.6) is 0 Å². The summed E-state index contributed by atoms with van der Waals surface area (Å²) in [5.41, 5.74) is 8.19. The molecule has 0 amide bonds. The number of thiazole rings is 1. The molecule has 2 rings (SSSR count). The molecule has 2 aromatic rings. The van der Waals surface area contributed by atoms with Gasteiger partial charge in [-0.05, 0) is 25.5 Å². The van der Waals surface area contributed by atoms with E-state index in [9.17, 15) is 0 Å². The van der Waals surface area contributed by atoms with E-state index >= 15 is 0 Å². The van der Waals surface area contributed by atoms with Crippen molar-refractivity contribution in [1.29, 1.82) is 0 Å². The zero-order valence-corrected chi connectivity index (χ0v) is 12.4. The quantitative estimate of drug-likeness (QED) is 0.846. The summed E-state index contributed by atoms with van der Waals surface area (Å²) in [4.78, 5) is 7.18. The van der Waals surface area contributed by atoms with Gasteiger partial charge in [0.1, 0.15) is 5.01 Å². The van der Waals surface area contributed by atoms with E-state index in [1.54, 1.807) is 11.3 Å². The molecule has 0 aliphatic rings. The molecule has 0 aliphatic carbocycles. The Hall–Kier alpha value is -0.840. The second kappa shape index (κ2) is 6.36. The minimum atomic E-state index is 0.607. The van der Waals surface area contributed by atoms with Crippen molar-refractivity contribution in [2.24, 2.45) is 5.73 Å². The van der Waals surface area contributed by atoms with Gasteiger partial charge < -0.3 is 5.73 Å². The van der Waals surface area contributed by atoms with Crippen molar-refractivity contribution in [2.45, 2.75) is 37.5 Å². The van der Waals surface area contributed by atoms with Crippen LogP contribution < -0.4 is 5.73 Å². The third-order valence-electron chi connectivity index (χ3n) is 2.73. The molecule has 0 unspecified atom stereocenters. The summed E-state index contributed by atoms with van der Waals surface area (Å²) in [7, 11) is 0. The summed E-state index contributed by atoms with van der Waals surface area (Å²) in [6, 6.07) is 8.62. The Balaban J connectivity index is 2.01. The van der Waals surface area contributed by atoms with E-state index in [0.29, 0.717) is 6.54 Å². The molecule has 2 nitrogen and oxygen atoms in total. The van der Waals surface area contributed by atoms with E-state index in [1.165, 1.54) is 26.0 Å². The predicted octanol–water partition coefficient (Wildman–Crippen LogP) is 3.76. The summed E-state index contributed by atoms with van der Waals surface area (Å²) in [5, 5.41) is 1.18. The normalized spacial score (nSPS) is 10.8. The van der Waals surface area contributed by atoms with E-state index in [-0.39, 0.29) is 0 Å². The number of aromatic nitrogens is 1. The lowest BCUT2D eigenvalue weighted by Gasteiger charge is -1.99. The van der Waals surface area contributed by atoms with Gasteiger partial charge in [-0.1, -0.05) is 24.6 Å². The fraction of sp³-hybridized carbons (Fsp3) is 0.357. The highest BCUT2D eigenvalue weighted by Crippen LogP contribution is 2.27. The molecule has 1 aromatic heterocycles. The van der Waals surface area contributed by atoms with Crippen molar-refractivity contribution < 1.29 is 0 Å². The van der Waals surface area contributed by atoms with E-state index in [2.05, 4.69) is 43.1 Å². The first-order valence-corrected chi connectivity index (χ1v) is 7.90. The summed E-state index contributed by atoms with van der Waals surface area (Å²) < 4.78 is 0. The van der Waals surface area contributed by atoms with Crippen LogP contribution in [0.3, 0.4) is 0 Å². The monoisotopic (exact) mass is 278 g/mol. The molecule has 0 bridgehead atoms. The Labute approximate surface area is 117 Å². The fourth-order valence-corrected chi connectivity index (χ4v) is 3.64. The van der Waals surface area contributed by atoms with Crippen LogP contribution in [0.1, 0.15) is 28.1 Å². The first-order chi connectivity index (χ1) is 8.72. The lowest BCUT2D eigenvalue weighted by atomic mass is 10.2.